The van der Waals surface area contributed by atoms with Gasteiger partial charge in [0.25, 0.3) is 10.0 Å². The minimum Gasteiger partial charge on any atom is -0.370 e. The zero-order valence-corrected chi connectivity index (χ0v) is 15.5. The molecule has 0 saturated carbocycles. The third-order valence-electron chi connectivity index (χ3n) is 5.19. The highest BCUT2D eigenvalue weighted by Crippen LogP contribution is 2.45. The fraction of sp³-hybridized carbons (Fsp3) is 0.474. The van der Waals surface area contributed by atoms with E-state index >= 15 is 0 Å². The highest BCUT2D eigenvalue weighted by atomic mass is 32.2. The van der Waals surface area contributed by atoms with Crippen LogP contribution in [-0.2, 0) is 10.0 Å². The molecule has 1 saturated heterocycles. The molecule has 25 heavy (non-hydrogen) atoms. The Hall–Kier alpha value is -1.79. The lowest BCUT2D eigenvalue weighted by molar-refractivity contribution is 0.592. The predicted octanol–water partition coefficient (Wildman–Crippen LogP) is 2.95. The van der Waals surface area contributed by atoms with Crippen molar-refractivity contribution in [1.82, 2.24) is 5.32 Å². The Morgan fingerprint density at radius 2 is 1.92 bits per heavy atom. The second kappa shape index (κ2) is 6.50. The first-order chi connectivity index (χ1) is 12.1. The van der Waals surface area contributed by atoms with Gasteiger partial charge in [-0.05, 0) is 37.6 Å². The molecule has 2 aromatic carbocycles. The minimum absolute atomic E-state index is 0.464. The number of sulfonamides is 1. The Kier molecular flexibility index (Phi) is 4.33. The third kappa shape index (κ3) is 2.68. The topological polar surface area (TPSA) is 52.6 Å². The standard InChI is InChI=1S/C19H25N3O2S/c1-2-3-13-22-17-9-8-16(21-12-5-10-20-11-14-21)15-6-4-7-18(19(15)17)25(22,23)24/h4,6-9,20H,2-3,5,10-14H2,1H3. The highest BCUT2D eigenvalue weighted by molar-refractivity contribution is 7.93. The molecule has 0 radical (unpaired) electrons. The van der Waals surface area contributed by atoms with Crippen molar-refractivity contribution < 1.29 is 8.42 Å². The fourth-order valence-electron chi connectivity index (χ4n) is 3.92. The number of unbranched alkanes of at least 4 members (excludes halogenated alkanes) is 1. The molecule has 0 bridgehead atoms. The lowest BCUT2D eigenvalue weighted by Crippen LogP contribution is -2.28. The Morgan fingerprint density at radius 3 is 2.76 bits per heavy atom. The summed E-state index contributed by atoms with van der Waals surface area (Å²) in [5, 5.41) is 5.38. The molecule has 0 unspecified atom stereocenters. The van der Waals surface area contributed by atoms with Crippen LogP contribution in [0.1, 0.15) is 26.2 Å². The lowest BCUT2D eigenvalue weighted by atomic mass is 10.1. The number of anilines is 2. The van der Waals surface area contributed by atoms with Crippen molar-refractivity contribution >= 4 is 32.2 Å². The SMILES string of the molecule is CCCCN1c2ccc(N3CCCNCC3)c3cccc(c23)S1(=O)=O. The molecule has 0 spiro atoms. The van der Waals surface area contributed by atoms with E-state index in [9.17, 15) is 8.42 Å². The van der Waals surface area contributed by atoms with E-state index in [1.165, 1.54) is 0 Å². The molecule has 2 aromatic rings. The molecule has 1 fully saturated rings. The van der Waals surface area contributed by atoms with Gasteiger partial charge in [0.15, 0.2) is 0 Å². The van der Waals surface area contributed by atoms with Gasteiger partial charge >= 0.3 is 0 Å². The molecule has 0 atom stereocenters. The van der Waals surface area contributed by atoms with Gasteiger partial charge in [0.05, 0.1) is 10.6 Å². The van der Waals surface area contributed by atoms with Crippen molar-refractivity contribution in [3.8, 4) is 0 Å². The van der Waals surface area contributed by atoms with Crippen molar-refractivity contribution in [2.75, 3.05) is 41.9 Å². The van der Waals surface area contributed by atoms with Gasteiger partial charge < -0.3 is 10.2 Å². The second-order valence-corrected chi connectivity index (χ2v) is 8.63. The maximum absolute atomic E-state index is 13.0. The fourth-order valence-corrected chi connectivity index (χ4v) is 5.66. The lowest BCUT2D eigenvalue weighted by Gasteiger charge is -2.25. The van der Waals surface area contributed by atoms with E-state index in [4.69, 9.17) is 0 Å². The van der Waals surface area contributed by atoms with Crippen LogP contribution in [0.5, 0.6) is 0 Å². The van der Waals surface area contributed by atoms with E-state index < -0.39 is 10.0 Å². The van der Waals surface area contributed by atoms with Gasteiger partial charge in [-0.3, -0.25) is 4.31 Å². The summed E-state index contributed by atoms with van der Waals surface area (Å²) in [6.07, 6.45) is 2.95. The Morgan fingerprint density at radius 1 is 1.08 bits per heavy atom. The number of rotatable bonds is 4. The van der Waals surface area contributed by atoms with Crippen molar-refractivity contribution in [1.29, 1.82) is 0 Å². The van der Waals surface area contributed by atoms with Gasteiger partial charge in [-0.2, -0.15) is 0 Å². The monoisotopic (exact) mass is 359 g/mol. The summed E-state index contributed by atoms with van der Waals surface area (Å²) >= 11 is 0. The molecule has 1 N–H and O–H groups in total. The average Bonchev–Trinajstić information content (AvgIpc) is 2.80. The zero-order chi connectivity index (χ0) is 17.4. The van der Waals surface area contributed by atoms with Gasteiger partial charge in [0, 0.05) is 42.6 Å². The van der Waals surface area contributed by atoms with Crippen LogP contribution in [0.15, 0.2) is 35.2 Å². The molecule has 2 aliphatic heterocycles. The number of benzene rings is 2. The van der Waals surface area contributed by atoms with Gasteiger partial charge in [0.2, 0.25) is 0 Å². The second-order valence-electron chi connectivity index (χ2n) is 6.80. The Balaban J connectivity index is 1.87. The van der Waals surface area contributed by atoms with Crippen LogP contribution < -0.4 is 14.5 Å². The van der Waals surface area contributed by atoms with Gasteiger partial charge in [-0.15, -0.1) is 0 Å². The van der Waals surface area contributed by atoms with Crippen LogP contribution in [0.3, 0.4) is 0 Å². The van der Waals surface area contributed by atoms with Crippen LogP contribution in [0.4, 0.5) is 11.4 Å². The first-order valence-electron chi connectivity index (χ1n) is 9.18. The summed E-state index contributed by atoms with van der Waals surface area (Å²) in [6.45, 7) is 6.58. The summed E-state index contributed by atoms with van der Waals surface area (Å²) in [5.74, 6) is 0. The molecular formula is C19H25N3O2S. The maximum atomic E-state index is 13.0. The van der Waals surface area contributed by atoms with Gasteiger partial charge in [-0.1, -0.05) is 25.5 Å². The van der Waals surface area contributed by atoms with Crippen LogP contribution in [0.2, 0.25) is 0 Å². The Bertz CT molecular complexity index is 887. The Labute approximate surface area is 149 Å². The van der Waals surface area contributed by atoms with Crippen molar-refractivity contribution in [3.05, 3.63) is 30.3 Å². The average molecular weight is 359 g/mol. The summed E-state index contributed by atoms with van der Waals surface area (Å²) in [4.78, 5) is 2.84. The largest absolute Gasteiger partial charge is 0.370 e. The number of nitrogens with one attached hydrogen (secondary N) is 1. The number of nitrogens with zero attached hydrogens (tertiary/aromatic N) is 2. The quantitative estimate of drug-likeness (QED) is 0.912. The molecule has 2 aliphatic rings. The van der Waals surface area contributed by atoms with E-state index in [1.807, 2.05) is 12.1 Å². The van der Waals surface area contributed by atoms with Crippen LogP contribution in [-0.4, -0.2) is 41.1 Å². The van der Waals surface area contributed by atoms with E-state index in [-0.39, 0.29) is 0 Å². The molecule has 134 valence electrons. The zero-order valence-electron chi connectivity index (χ0n) is 14.7. The van der Waals surface area contributed by atoms with E-state index in [1.54, 1.807) is 10.4 Å². The molecule has 6 heteroatoms. The smallest absolute Gasteiger partial charge is 0.265 e. The molecule has 5 nitrogen and oxygen atoms in total. The van der Waals surface area contributed by atoms with E-state index in [2.05, 4.69) is 29.3 Å². The van der Waals surface area contributed by atoms with Gasteiger partial charge in [-0.25, -0.2) is 8.42 Å². The first kappa shape index (κ1) is 16.7. The molecule has 4 rings (SSSR count). The van der Waals surface area contributed by atoms with Crippen LogP contribution in [0.25, 0.3) is 10.8 Å². The summed E-state index contributed by atoms with van der Waals surface area (Å²) < 4.78 is 27.6. The molecule has 0 aliphatic carbocycles. The number of hydrogen-bond donors (Lipinski definition) is 1. The predicted molar refractivity (Wildman–Crippen MR) is 103 cm³/mol. The van der Waals surface area contributed by atoms with Crippen molar-refractivity contribution in [2.24, 2.45) is 0 Å². The van der Waals surface area contributed by atoms with Crippen LogP contribution >= 0.6 is 0 Å². The van der Waals surface area contributed by atoms with E-state index in [0.717, 1.165) is 67.6 Å². The number of hydrogen-bond acceptors (Lipinski definition) is 4. The maximum Gasteiger partial charge on any atom is 0.265 e. The first-order valence-corrected chi connectivity index (χ1v) is 10.6. The van der Waals surface area contributed by atoms with Crippen molar-refractivity contribution in [3.63, 3.8) is 0 Å². The molecular weight excluding hydrogens is 334 g/mol. The molecule has 0 aromatic heterocycles. The highest BCUT2D eigenvalue weighted by Gasteiger charge is 2.36. The summed E-state index contributed by atoms with van der Waals surface area (Å²) in [6, 6.07) is 9.80. The minimum atomic E-state index is -3.42. The van der Waals surface area contributed by atoms with Crippen molar-refractivity contribution in [2.45, 2.75) is 31.1 Å². The molecule has 2 heterocycles. The summed E-state index contributed by atoms with van der Waals surface area (Å²) in [5.41, 5.74) is 1.99. The summed E-state index contributed by atoms with van der Waals surface area (Å²) in [7, 11) is -3.42. The van der Waals surface area contributed by atoms with E-state index in [0.29, 0.717) is 11.4 Å². The normalized spacial score (nSPS) is 19.4. The molecule has 0 amide bonds. The van der Waals surface area contributed by atoms with Gasteiger partial charge in [0.1, 0.15) is 0 Å². The van der Waals surface area contributed by atoms with Crippen LogP contribution in [0, 0.1) is 0 Å². The third-order valence-corrected chi connectivity index (χ3v) is 7.05.